The number of carbonyl (C=O) groups excluding carboxylic acids is 1. The zero-order valence-corrected chi connectivity index (χ0v) is 17.8. The summed E-state index contributed by atoms with van der Waals surface area (Å²) in [7, 11) is 0. The van der Waals surface area contributed by atoms with Gasteiger partial charge in [-0.1, -0.05) is 0 Å². The van der Waals surface area contributed by atoms with Crippen LogP contribution in [0.25, 0.3) is 5.82 Å². The predicted octanol–water partition coefficient (Wildman–Crippen LogP) is 4.55. The maximum Gasteiger partial charge on any atom is 0.416 e. The highest BCUT2D eigenvalue weighted by Crippen LogP contribution is 2.37. The van der Waals surface area contributed by atoms with Crippen molar-refractivity contribution in [3.8, 4) is 5.82 Å². The van der Waals surface area contributed by atoms with Crippen molar-refractivity contribution in [1.82, 2.24) is 24.8 Å². The van der Waals surface area contributed by atoms with Gasteiger partial charge in [0.05, 0.1) is 16.8 Å². The van der Waals surface area contributed by atoms with Crippen molar-refractivity contribution in [2.75, 3.05) is 23.7 Å². The molecule has 182 valence electrons. The summed E-state index contributed by atoms with van der Waals surface area (Å²) in [5.41, 5.74) is -1.96. The Balaban J connectivity index is 1.57. The first kappa shape index (κ1) is 24.8. The van der Waals surface area contributed by atoms with E-state index in [-0.39, 0.29) is 19.2 Å². The fourth-order valence-corrected chi connectivity index (χ4v) is 2.87. The van der Waals surface area contributed by atoms with E-state index in [0.29, 0.717) is 23.8 Å². The molecule has 0 saturated carbocycles. The van der Waals surface area contributed by atoms with Gasteiger partial charge < -0.3 is 16.0 Å². The van der Waals surface area contributed by atoms with Crippen molar-refractivity contribution in [3.05, 3.63) is 59.4 Å². The Labute approximate surface area is 189 Å². The van der Waals surface area contributed by atoms with E-state index in [0.717, 1.165) is 11.4 Å². The fraction of sp³-hybridized carbons (Fsp3) is 0.300. The quantitative estimate of drug-likeness (QED) is 0.350. The first-order valence-electron chi connectivity index (χ1n) is 9.76. The molecule has 0 fully saturated rings. The predicted molar refractivity (Wildman–Crippen MR) is 111 cm³/mol. The zero-order chi connectivity index (χ0) is 25.1. The molecule has 0 radical (unpaired) electrons. The third-order valence-electron chi connectivity index (χ3n) is 4.71. The summed E-state index contributed by atoms with van der Waals surface area (Å²) in [6, 6.07) is 1.51. The molecule has 1 aromatic carbocycles. The Hall–Kier alpha value is -3.84. The molecular weight excluding hydrogens is 468 g/mol. The van der Waals surface area contributed by atoms with Gasteiger partial charge in [0, 0.05) is 30.5 Å². The SMILES string of the molecule is Cc1ncn(-c2cc(NCCNC(=O)Nc3cc(C(F)(F)F)cc(C(F)(F)F)c3)ncn2)c1C. The average Bonchev–Trinajstić information content (AvgIpc) is 3.08. The van der Waals surface area contributed by atoms with Crippen molar-refractivity contribution in [2.24, 2.45) is 0 Å². The lowest BCUT2D eigenvalue weighted by Gasteiger charge is -2.15. The van der Waals surface area contributed by atoms with Crippen LogP contribution in [0.15, 0.2) is 36.9 Å². The van der Waals surface area contributed by atoms with Crippen molar-refractivity contribution in [1.29, 1.82) is 0 Å². The summed E-state index contributed by atoms with van der Waals surface area (Å²) in [6.45, 7) is 3.90. The van der Waals surface area contributed by atoms with E-state index >= 15 is 0 Å². The Morgan fingerprint density at radius 2 is 1.56 bits per heavy atom. The molecule has 3 N–H and O–H groups in total. The highest BCUT2D eigenvalue weighted by atomic mass is 19.4. The van der Waals surface area contributed by atoms with Crippen LogP contribution in [0, 0.1) is 13.8 Å². The second kappa shape index (κ2) is 9.57. The van der Waals surface area contributed by atoms with Crippen LogP contribution in [0.2, 0.25) is 0 Å². The van der Waals surface area contributed by atoms with Gasteiger partial charge in [-0.3, -0.25) is 4.57 Å². The Bertz CT molecular complexity index is 1140. The average molecular weight is 487 g/mol. The highest BCUT2D eigenvalue weighted by molar-refractivity contribution is 5.89. The van der Waals surface area contributed by atoms with Crippen molar-refractivity contribution < 1.29 is 31.1 Å². The molecule has 0 aliphatic carbocycles. The van der Waals surface area contributed by atoms with Gasteiger partial charge in [0.15, 0.2) is 0 Å². The number of aryl methyl sites for hydroxylation is 1. The third kappa shape index (κ3) is 6.14. The molecule has 0 saturated heterocycles. The van der Waals surface area contributed by atoms with Gasteiger partial charge in [-0.15, -0.1) is 0 Å². The van der Waals surface area contributed by atoms with Crippen molar-refractivity contribution >= 4 is 17.5 Å². The molecule has 14 heteroatoms. The van der Waals surface area contributed by atoms with E-state index in [4.69, 9.17) is 0 Å². The number of imidazole rings is 1. The normalized spacial score (nSPS) is 11.9. The van der Waals surface area contributed by atoms with Gasteiger partial charge >= 0.3 is 18.4 Å². The van der Waals surface area contributed by atoms with Crippen LogP contribution in [0.1, 0.15) is 22.5 Å². The van der Waals surface area contributed by atoms with Gasteiger partial charge in [0.2, 0.25) is 0 Å². The van der Waals surface area contributed by atoms with Gasteiger partial charge in [0.25, 0.3) is 0 Å². The smallest absolute Gasteiger partial charge is 0.368 e. The minimum Gasteiger partial charge on any atom is -0.368 e. The Morgan fingerprint density at radius 1 is 0.912 bits per heavy atom. The molecule has 3 rings (SSSR count). The number of carbonyl (C=O) groups is 1. The minimum absolute atomic E-state index is 0.000525. The summed E-state index contributed by atoms with van der Waals surface area (Å²) in [5.74, 6) is 0.997. The molecule has 2 aromatic heterocycles. The lowest BCUT2D eigenvalue weighted by Crippen LogP contribution is -2.33. The molecule has 0 unspecified atom stereocenters. The van der Waals surface area contributed by atoms with Crippen LogP contribution >= 0.6 is 0 Å². The van der Waals surface area contributed by atoms with Crippen LogP contribution in [0.5, 0.6) is 0 Å². The topological polar surface area (TPSA) is 96.8 Å². The summed E-state index contributed by atoms with van der Waals surface area (Å²) in [4.78, 5) is 24.4. The first-order chi connectivity index (χ1) is 15.8. The molecule has 0 aliphatic heterocycles. The number of urea groups is 1. The Morgan fingerprint density at radius 3 is 2.12 bits per heavy atom. The number of halogens is 6. The van der Waals surface area contributed by atoms with E-state index in [1.54, 1.807) is 17.0 Å². The standard InChI is InChI=1S/C20H19F6N7O/c1-11-12(2)33(10-31-11)17-8-16(29-9-30-17)27-3-4-28-18(34)32-15-6-13(19(21,22)23)5-14(7-15)20(24,25)26/h5-10H,3-4H2,1-2H3,(H,27,29,30)(H2,28,32,34). The second-order valence-corrected chi connectivity index (χ2v) is 7.15. The summed E-state index contributed by atoms with van der Waals surface area (Å²) in [6.07, 6.45) is -7.08. The molecule has 2 amide bonds. The first-order valence-corrected chi connectivity index (χ1v) is 9.76. The molecule has 0 bridgehead atoms. The molecular formula is C20H19F6N7O. The lowest BCUT2D eigenvalue weighted by molar-refractivity contribution is -0.143. The van der Waals surface area contributed by atoms with Crippen molar-refractivity contribution in [2.45, 2.75) is 26.2 Å². The molecule has 2 heterocycles. The van der Waals surface area contributed by atoms with Crippen LogP contribution in [0.4, 0.5) is 42.6 Å². The number of nitrogens with one attached hydrogen (secondary N) is 3. The van der Waals surface area contributed by atoms with Gasteiger partial charge in [-0.25, -0.2) is 19.7 Å². The van der Waals surface area contributed by atoms with E-state index < -0.39 is 35.2 Å². The Kier molecular flexibility index (Phi) is 6.98. The van der Waals surface area contributed by atoms with Crippen LogP contribution in [0.3, 0.4) is 0 Å². The molecule has 0 spiro atoms. The summed E-state index contributed by atoms with van der Waals surface area (Å²) in [5, 5.41) is 7.27. The number of hydrogen-bond acceptors (Lipinski definition) is 5. The number of anilines is 2. The zero-order valence-electron chi connectivity index (χ0n) is 17.8. The fourth-order valence-electron chi connectivity index (χ4n) is 2.87. The van der Waals surface area contributed by atoms with E-state index in [1.807, 2.05) is 19.2 Å². The molecule has 34 heavy (non-hydrogen) atoms. The van der Waals surface area contributed by atoms with Gasteiger partial charge in [0.1, 0.15) is 24.3 Å². The largest absolute Gasteiger partial charge is 0.416 e. The monoisotopic (exact) mass is 487 g/mol. The number of alkyl halides is 6. The maximum atomic E-state index is 12.9. The highest BCUT2D eigenvalue weighted by Gasteiger charge is 2.37. The number of rotatable bonds is 6. The molecule has 0 aliphatic rings. The minimum atomic E-state index is -5.01. The van der Waals surface area contributed by atoms with E-state index in [2.05, 4.69) is 25.6 Å². The number of benzene rings is 1. The number of hydrogen-bond donors (Lipinski definition) is 3. The maximum absolute atomic E-state index is 12.9. The van der Waals surface area contributed by atoms with Crippen molar-refractivity contribution in [3.63, 3.8) is 0 Å². The second-order valence-electron chi connectivity index (χ2n) is 7.15. The molecule has 3 aromatic rings. The molecule has 8 nitrogen and oxygen atoms in total. The summed E-state index contributed by atoms with van der Waals surface area (Å²) < 4.78 is 79.3. The number of aromatic nitrogens is 4. The van der Waals surface area contributed by atoms with E-state index in [9.17, 15) is 31.1 Å². The van der Waals surface area contributed by atoms with Crippen LogP contribution in [-0.4, -0.2) is 38.6 Å². The lowest BCUT2D eigenvalue weighted by atomic mass is 10.1. The van der Waals surface area contributed by atoms with Gasteiger partial charge in [-0.05, 0) is 32.0 Å². The summed E-state index contributed by atoms with van der Waals surface area (Å²) >= 11 is 0. The molecule has 0 atom stereocenters. The third-order valence-corrected chi connectivity index (χ3v) is 4.71. The van der Waals surface area contributed by atoms with E-state index in [1.165, 1.54) is 6.33 Å². The van der Waals surface area contributed by atoms with Crippen LogP contribution < -0.4 is 16.0 Å². The number of nitrogens with zero attached hydrogens (tertiary/aromatic N) is 4. The van der Waals surface area contributed by atoms with Crippen LogP contribution in [-0.2, 0) is 12.4 Å². The van der Waals surface area contributed by atoms with Gasteiger partial charge in [-0.2, -0.15) is 26.3 Å². The number of amides is 2.